The van der Waals surface area contributed by atoms with Crippen molar-refractivity contribution >= 4 is 17.0 Å². The van der Waals surface area contributed by atoms with Crippen LogP contribution in [0.15, 0.2) is 54.0 Å². The lowest BCUT2D eigenvalue weighted by molar-refractivity contribution is 0.218. The van der Waals surface area contributed by atoms with Gasteiger partial charge in [0.25, 0.3) is 0 Å². The molecule has 7 heteroatoms. The third-order valence-corrected chi connectivity index (χ3v) is 6.31. The van der Waals surface area contributed by atoms with Crippen molar-refractivity contribution in [3.63, 3.8) is 0 Å². The van der Waals surface area contributed by atoms with Crippen LogP contribution in [0, 0.1) is 0 Å². The third kappa shape index (κ3) is 4.43. The quantitative estimate of drug-likeness (QED) is 0.625. The maximum atomic E-state index is 10.8. The van der Waals surface area contributed by atoms with Gasteiger partial charge in [0.1, 0.15) is 11.1 Å². The van der Waals surface area contributed by atoms with Gasteiger partial charge in [-0.05, 0) is 23.8 Å². The van der Waals surface area contributed by atoms with E-state index in [0.29, 0.717) is 0 Å². The molecule has 4 rings (SSSR count). The number of aliphatic hydroxyl groups excluding tert-OH is 1. The Kier molecular flexibility index (Phi) is 6.52. The number of methoxy groups -OCH3 is 2. The summed E-state index contributed by atoms with van der Waals surface area (Å²) in [5.41, 5.74) is 3.22. The zero-order chi connectivity index (χ0) is 20.9. The van der Waals surface area contributed by atoms with Crippen molar-refractivity contribution in [2.24, 2.45) is 0 Å². The molecule has 0 amide bonds. The lowest BCUT2D eigenvalue weighted by atomic mass is 10.1. The Morgan fingerprint density at radius 2 is 1.80 bits per heavy atom. The highest BCUT2D eigenvalue weighted by atomic mass is 32.1. The van der Waals surface area contributed by atoms with Crippen LogP contribution in [0.1, 0.15) is 22.2 Å². The second-order valence-electron chi connectivity index (χ2n) is 7.28. The van der Waals surface area contributed by atoms with Crippen LogP contribution in [0.3, 0.4) is 0 Å². The van der Waals surface area contributed by atoms with Crippen molar-refractivity contribution in [2.75, 3.05) is 45.3 Å². The number of hydrogen-bond donors (Lipinski definition) is 1. The highest BCUT2D eigenvalue weighted by Crippen LogP contribution is 2.32. The van der Waals surface area contributed by atoms with E-state index in [-0.39, 0.29) is 0 Å². The van der Waals surface area contributed by atoms with Crippen LogP contribution >= 0.6 is 11.3 Å². The average Bonchev–Trinajstić information content (AvgIpc) is 3.34. The van der Waals surface area contributed by atoms with Gasteiger partial charge in [-0.1, -0.05) is 24.3 Å². The monoisotopic (exact) mass is 425 g/mol. The van der Waals surface area contributed by atoms with E-state index < -0.39 is 6.10 Å². The van der Waals surface area contributed by atoms with Gasteiger partial charge in [0.15, 0.2) is 11.5 Å². The second kappa shape index (κ2) is 9.47. The summed E-state index contributed by atoms with van der Waals surface area (Å²) in [5, 5.41) is 13.4. The van der Waals surface area contributed by atoms with E-state index in [4.69, 9.17) is 9.47 Å². The molecule has 0 bridgehead atoms. The van der Waals surface area contributed by atoms with Crippen LogP contribution in [0.5, 0.6) is 11.5 Å². The summed E-state index contributed by atoms with van der Waals surface area (Å²) in [7, 11) is 3.32. The number of hydrogen-bond acceptors (Lipinski definition) is 7. The Morgan fingerprint density at radius 3 is 2.50 bits per heavy atom. The van der Waals surface area contributed by atoms with Crippen molar-refractivity contribution in [3.8, 4) is 11.5 Å². The molecule has 0 radical (unpaired) electrons. The van der Waals surface area contributed by atoms with Crippen molar-refractivity contribution in [3.05, 3.63) is 70.2 Å². The number of para-hydroxylation sites is 1. The van der Waals surface area contributed by atoms with Gasteiger partial charge in [-0.2, -0.15) is 0 Å². The normalized spacial score (nSPS) is 15.8. The number of benzene rings is 2. The van der Waals surface area contributed by atoms with Gasteiger partial charge >= 0.3 is 0 Å². The number of nitrogens with zero attached hydrogens (tertiary/aromatic N) is 3. The van der Waals surface area contributed by atoms with Gasteiger partial charge < -0.3 is 19.5 Å². The smallest absolute Gasteiger partial charge is 0.161 e. The fourth-order valence-electron chi connectivity index (χ4n) is 3.89. The van der Waals surface area contributed by atoms with Crippen LogP contribution in [0.2, 0.25) is 0 Å². The maximum absolute atomic E-state index is 10.8. The van der Waals surface area contributed by atoms with Crippen LogP contribution in [-0.2, 0) is 6.54 Å². The number of anilines is 1. The minimum absolute atomic E-state index is 0.689. The fraction of sp³-hybridized carbons (Fsp3) is 0.348. The van der Waals surface area contributed by atoms with Crippen LogP contribution < -0.4 is 14.4 Å². The first kappa shape index (κ1) is 20.7. The minimum Gasteiger partial charge on any atom is -0.493 e. The lowest BCUT2D eigenvalue weighted by Crippen LogP contribution is -2.46. The van der Waals surface area contributed by atoms with Gasteiger partial charge in [-0.15, -0.1) is 11.3 Å². The zero-order valence-electron chi connectivity index (χ0n) is 17.3. The summed E-state index contributed by atoms with van der Waals surface area (Å²) in [6.45, 7) is 4.60. The van der Waals surface area contributed by atoms with E-state index >= 15 is 0 Å². The molecule has 1 atom stereocenters. The van der Waals surface area contributed by atoms with Crippen LogP contribution in [0.25, 0.3) is 0 Å². The molecule has 1 aliphatic rings. The standard InChI is InChI=1S/C23H27N3O3S/c1-28-20-8-7-17(15-21(20)29-2)16-25-10-12-26(13-11-25)19-6-4-3-5-18(19)22(27)23-24-9-14-30-23/h3-9,14-15,22,27H,10-13,16H2,1-2H3/t22-/m0/s1. The molecule has 6 nitrogen and oxygen atoms in total. The highest BCUT2D eigenvalue weighted by molar-refractivity contribution is 7.09. The van der Waals surface area contributed by atoms with E-state index in [1.54, 1.807) is 20.4 Å². The minimum atomic E-state index is -0.689. The number of piperazine rings is 1. The third-order valence-electron chi connectivity index (χ3n) is 5.48. The Morgan fingerprint density at radius 1 is 1.03 bits per heavy atom. The van der Waals surface area contributed by atoms with Gasteiger partial charge in [-0.3, -0.25) is 4.90 Å². The Balaban J connectivity index is 1.42. The van der Waals surface area contributed by atoms with E-state index in [0.717, 1.165) is 60.5 Å². The Hall–Kier alpha value is -2.61. The predicted octanol–water partition coefficient (Wildman–Crippen LogP) is 3.56. The molecule has 0 aliphatic carbocycles. The highest BCUT2D eigenvalue weighted by Gasteiger charge is 2.23. The molecule has 1 N–H and O–H groups in total. The number of thiazole rings is 1. The first-order valence-corrected chi connectivity index (χ1v) is 10.9. The molecule has 0 unspecified atom stereocenters. The summed E-state index contributed by atoms with van der Waals surface area (Å²) in [6, 6.07) is 14.2. The molecule has 3 aromatic rings. The van der Waals surface area contributed by atoms with Gasteiger partial charge in [0.2, 0.25) is 0 Å². The average molecular weight is 426 g/mol. The van der Waals surface area contributed by atoms with Gasteiger partial charge in [0, 0.05) is 55.6 Å². The molecule has 1 aromatic heterocycles. The first-order chi connectivity index (χ1) is 14.7. The molecule has 1 aliphatic heterocycles. The van der Waals surface area contributed by atoms with E-state index in [1.807, 2.05) is 35.7 Å². The fourth-order valence-corrected chi connectivity index (χ4v) is 4.53. The first-order valence-electron chi connectivity index (χ1n) is 10.0. The summed E-state index contributed by atoms with van der Waals surface area (Å²) in [5.74, 6) is 1.51. The summed E-state index contributed by atoms with van der Waals surface area (Å²) in [6.07, 6.45) is 1.05. The van der Waals surface area contributed by atoms with E-state index in [2.05, 4.69) is 26.9 Å². The molecule has 30 heavy (non-hydrogen) atoms. The Labute approximate surface area is 181 Å². The number of rotatable bonds is 7. The summed E-state index contributed by atoms with van der Waals surface area (Å²) >= 11 is 1.48. The maximum Gasteiger partial charge on any atom is 0.161 e. The molecular formula is C23H27N3O3S. The SMILES string of the molecule is COc1ccc(CN2CCN(c3ccccc3[C@H](O)c3nccs3)CC2)cc1OC. The number of aliphatic hydroxyl groups is 1. The molecule has 0 spiro atoms. The number of ether oxygens (including phenoxy) is 2. The largest absolute Gasteiger partial charge is 0.493 e. The molecular weight excluding hydrogens is 398 g/mol. The van der Waals surface area contributed by atoms with E-state index in [9.17, 15) is 5.11 Å². The summed E-state index contributed by atoms with van der Waals surface area (Å²) in [4.78, 5) is 9.09. The van der Waals surface area contributed by atoms with E-state index in [1.165, 1.54) is 16.9 Å². The lowest BCUT2D eigenvalue weighted by Gasteiger charge is -2.37. The molecule has 158 valence electrons. The van der Waals surface area contributed by atoms with Gasteiger partial charge in [0.05, 0.1) is 14.2 Å². The summed E-state index contributed by atoms with van der Waals surface area (Å²) < 4.78 is 10.8. The molecule has 0 saturated carbocycles. The molecule has 2 aromatic carbocycles. The van der Waals surface area contributed by atoms with Gasteiger partial charge in [-0.25, -0.2) is 4.98 Å². The second-order valence-corrected chi connectivity index (χ2v) is 8.21. The predicted molar refractivity (Wildman–Crippen MR) is 120 cm³/mol. The molecule has 1 fully saturated rings. The molecule has 1 saturated heterocycles. The Bertz CT molecular complexity index is 956. The number of aromatic nitrogens is 1. The van der Waals surface area contributed by atoms with Crippen LogP contribution in [0.4, 0.5) is 5.69 Å². The topological polar surface area (TPSA) is 58.1 Å². The van der Waals surface area contributed by atoms with Crippen molar-refractivity contribution < 1.29 is 14.6 Å². The van der Waals surface area contributed by atoms with Crippen molar-refractivity contribution in [2.45, 2.75) is 12.6 Å². The molecule has 2 heterocycles. The zero-order valence-corrected chi connectivity index (χ0v) is 18.1. The van der Waals surface area contributed by atoms with Crippen molar-refractivity contribution in [1.29, 1.82) is 0 Å². The van der Waals surface area contributed by atoms with Crippen LogP contribution in [-0.4, -0.2) is 55.4 Å². The van der Waals surface area contributed by atoms with Crippen molar-refractivity contribution in [1.82, 2.24) is 9.88 Å².